The number of hydrogen-bond donors (Lipinski definition) is 0. The van der Waals surface area contributed by atoms with E-state index in [1.807, 2.05) is 36.1 Å². The number of carbonyl (C=O) groups is 2. The van der Waals surface area contributed by atoms with Crippen LogP contribution in [0.4, 0.5) is 0 Å². The van der Waals surface area contributed by atoms with Gasteiger partial charge in [0.25, 0.3) is 5.91 Å². The van der Waals surface area contributed by atoms with E-state index in [2.05, 4.69) is 31.2 Å². The molecule has 2 amide bonds. The van der Waals surface area contributed by atoms with Crippen molar-refractivity contribution >= 4 is 11.8 Å². The Kier molecular flexibility index (Phi) is 7.36. The Labute approximate surface area is 222 Å². The Morgan fingerprint density at radius 3 is 2.68 bits per heavy atom. The zero-order valence-electron chi connectivity index (χ0n) is 22.0. The van der Waals surface area contributed by atoms with E-state index in [1.165, 1.54) is 5.56 Å². The van der Waals surface area contributed by atoms with Crippen LogP contribution in [0.25, 0.3) is 0 Å². The van der Waals surface area contributed by atoms with Crippen LogP contribution in [0.3, 0.4) is 0 Å². The number of aryl methyl sites for hydroxylation is 1. The smallest absolute Gasteiger partial charge is 0.289 e. The summed E-state index contributed by atoms with van der Waals surface area (Å²) < 4.78 is 17.2. The molecule has 7 heteroatoms. The molecule has 0 N–H and O–H groups in total. The first kappa shape index (κ1) is 25.4. The summed E-state index contributed by atoms with van der Waals surface area (Å²) in [4.78, 5) is 29.1. The van der Waals surface area contributed by atoms with Gasteiger partial charge in [-0.2, -0.15) is 0 Å². The van der Waals surface area contributed by atoms with Crippen molar-refractivity contribution in [2.45, 2.75) is 45.9 Å². The third-order valence-corrected chi connectivity index (χ3v) is 6.90. The normalized spacial score (nSPS) is 14.7. The largest absolute Gasteiger partial charge is 0.486 e. The van der Waals surface area contributed by atoms with Gasteiger partial charge < -0.3 is 23.4 Å². The van der Waals surface area contributed by atoms with E-state index >= 15 is 0 Å². The fraction of sp³-hybridized carbons (Fsp3) is 0.290. The van der Waals surface area contributed by atoms with Crippen LogP contribution >= 0.6 is 0 Å². The van der Waals surface area contributed by atoms with Crippen LogP contribution in [0.1, 0.15) is 63.7 Å². The highest BCUT2D eigenvalue weighted by Crippen LogP contribution is 2.38. The first-order chi connectivity index (χ1) is 18.4. The lowest BCUT2D eigenvalue weighted by Gasteiger charge is -2.38. The van der Waals surface area contributed by atoms with E-state index < -0.39 is 0 Å². The molecule has 1 aliphatic heterocycles. The first-order valence-electron chi connectivity index (χ1n) is 12.9. The van der Waals surface area contributed by atoms with Gasteiger partial charge in [0, 0.05) is 20.0 Å². The summed E-state index contributed by atoms with van der Waals surface area (Å²) in [6.07, 6.45) is 2.85. The van der Waals surface area contributed by atoms with E-state index in [9.17, 15) is 9.59 Å². The zero-order chi connectivity index (χ0) is 26.6. The number of rotatable bonds is 8. The first-order valence-corrected chi connectivity index (χ1v) is 12.9. The number of hydrogen-bond acceptors (Lipinski definition) is 5. The van der Waals surface area contributed by atoms with Crippen LogP contribution in [0.5, 0.6) is 5.75 Å². The Morgan fingerprint density at radius 2 is 1.92 bits per heavy atom. The molecule has 1 unspecified atom stereocenters. The summed E-state index contributed by atoms with van der Waals surface area (Å²) in [5.41, 5.74) is 4.55. The van der Waals surface area contributed by atoms with Crippen molar-refractivity contribution < 1.29 is 23.2 Å². The maximum absolute atomic E-state index is 12.9. The zero-order valence-corrected chi connectivity index (χ0v) is 22.0. The molecule has 1 atom stereocenters. The number of carbonyl (C=O) groups excluding carboxylic acids is 2. The fourth-order valence-corrected chi connectivity index (χ4v) is 4.98. The van der Waals surface area contributed by atoms with Crippen LogP contribution < -0.4 is 4.74 Å². The van der Waals surface area contributed by atoms with Crippen molar-refractivity contribution in [3.8, 4) is 5.75 Å². The minimum Gasteiger partial charge on any atom is -0.486 e. The topological polar surface area (TPSA) is 76.1 Å². The molecule has 5 rings (SSSR count). The Hall–Kier alpha value is -4.26. The average molecular weight is 513 g/mol. The molecule has 4 aromatic rings. The second-order valence-corrected chi connectivity index (χ2v) is 9.66. The predicted molar refractivity (Wildman–Crippen MR) is 143 cm³/mol. The van der Waals surface area contributed by atoms with Gasteiger partial charge in [-0.15, -0.1) is 0 Å². The van der Waals surface area contributed by atoms with Gasteiger partial charge in [-0.05, 0) is 66.4 Å². The molecule has 3 heterocycles. The maximum atomic E-state index is 12.9. The number of amides is 2. The molecular formula is C31H32N2O5. The highest BCUT2D eigenvalue weighted by atomic mass is 16.5. The number of benzene rings is 2. The van der Waals surface area contributed by atoms with Crippen molar-refractivity contribution in [3.05, 3.63) is 113 Å². The number of ether oxygens (including phenoxy) is 1. The van der Waals surface area contributed by atoms with Gasteiger partial charge in [0.1, 0.15) is 23.9 Å². The third kappa shape index (κ3) is 5.37. The van der Waals surface area contributed by atoms with Crippen molar-refractivity contribution in [1.29, 1.82) is 0 Å². The van der Waals surface area contributed by atoms with Crippen LogP contribution in [-0.4, -0.2) is 35.2 Å². The van der Waals surface area contributed by atoms with Crippen molar-refractivity contribution in [2.75, 3.05) is 13.6 Å². The van der Waals surface area contributed by atoms with Crippen molar-refractivity contribution in [2.24, 2.45) is 0 Å². The highest BCUT2D eigenvalue weighted by Gasteiger charge is 2.31. The van der Waals surface area contributed by atoms with Gasteiger partial charge in [0.15, 0.2) is 5.76 Å². The Morgan fingerprint density at radius 1 is 1.05 bits per heavy atom. The number of nitrogens with zero attached hydrogens (tertiary/aromatic N) is 2. The predicted octanol–water partition coefficient (Wildman–Crippen LogP) is 5.92. The SMILES string of the molecule is CCC(=O)N1CCc2ccc(OCc3ccc(C(=O)N(C)Cc4ccco4)o3)cc2C1c1cccc(C)c1. The summed E-state index contributed by atoms with van der Waals surface area (Å²) in [6.45, 7) is 5.20. The number of furan rings is 2. The minimum atomic E-state index is -0.233. The molecule has 38 heavy (non-hydrogen) atoms. The fourth-order valence-electron chi connectivity index (χ4n) is 4.98. The molecule has 2 aromatic heterocycles. The Balaban J connectivity index is 1.32. The molecule has 196 valence electrons. The van der Waals surface area contributed by atoms with E-state index in [1.54, 1.807) is 36.4 Å². The molecule has 0 bridgehead atoms. The van der Waals surface area contributed by atoms with Crippen molar-refractivity contribution in [3.63, 3.8) is 0 Å². The molecule has 0 fully saturated rings. The standard InChI is InChI=1S/C31H32N2O5/c1-4-29(34)33-15-14-22-10-11-24(18-27(22)30(33)23-8-5-7-21(2)17-23)37-20-26-12-13-28(38-26)31(35)32(3)19-25-9-6-16-36-25/h5-13,16-18,30H,4,14-15,19-20H2,1-3H3. The van der Waals surface area contributed by atoms with Crippen LogP contribution in [0, 0.1) is 6.92 Å². The molecule has 1 aliphatic rings. The molecule has 0 aliphatic carbocycles. The molecule has 2 aromatic carbocycles. The molecule has 0 saturated heterocycles. The molecule has 0 radical (unpaired) electrons. The summed E-state index contributed by atoms with van der Waals surface area (Å²) in [7, 11) is 1.70. The van der Waals surface area contributed by atoms with Gasteiger partial charge in [-0.1, -0.05) is 42.8 Å². The van der Waals surface area contributed by atoms with Crippen molar-refractivity contribution in [1.82, 2.24) is 9.80 Å². The monoisotopic (exact) mass is 512 g/mol. The number of fused-ring (bicyclic) bond motifs is 1. The van der Waals surface area contributed by atoms with E-state index in [-0.39, 0.29) is 30.2 Å². The van der Waals surface area contributed by atoms with E-state index in [4.69, 9.17) is 13.6 Å². The minimum absolute atomic E-state index is 0.137. The van der Waals surface area contributed by atoms with E-state index in [0.29, 0.717) is 36.8 Å². The quantitative estimate of drug-likeness (QED) is 0.293. The van der Waals surface area contributed by atoms with Gasteiger partial charge in [0.2, 0.25) is 5.91 Å². The lowest BCUT2D eigenvalue weighted by molar-refractivity contribution is -0.132. The second kappa shape index (κ2) is 11.0. The molecular weight excluding hydrogens is 480 g/mol. The average Bonchev–Trinajstić information content (AvgIpc) is 3.62. The third-order valence-electron chi connectivity index (χ3n) is 6.90. The van der Waals surface area contributed by atoms with E-state index in [0.717, 1.165) is 23.1 Å². The summed E-state index contributed by atoms with van der Waals surface area (Å²) in [6, 6.07) is 21.3. The lowest BCUT2D eigenvalue weighted by atomic mass is 9.87. The van der Waals surface area contributed by atoms with Gasteiger partial charge in [0.05, 0.1) is 18.8 Å². The second-order valence-electron chi connectivity index (χ2n) is 9.66. The van der Waals surface area contributed by atoms with Gasteiger partial charge >= 0.3 is 0 Å². The van der Waals surface area contributed by atoms with Crippen LogP contribution in [0.15, 0.2) is 81.8 Å². The summed E-state index contributed by atoms with van der Waals surface area (Å²) in [5.74, 6) is 2.09. The molecule has 7 nitrogen and oxygen atoms in total. The Bertz CT molecular complexity index is 1420. The highest BCUT2D eigenvalue weighted by molar-refractivity contribution is 5.91. The maximum Gasteiger partial charge on any atom is 0.289 e. The summed E-state index contributed by atoms with van der Waals surface area (Å²) >= 11 is 0. The molecule has 0 spiro atoms. The van der Waals surface area contributed by atoms with Gasteiger partial charge in [-0.3, -0.25) is 9.59 Å². The lowest BCUT2D eigenvalue weighted by Crippen LogP contribution is -2.40. The van der Waals surface area contributed by atoms with Crippen LogP contribution in [-0.2, 0) is 24.4 Å². The summed E-state index contributed by atoms with van der Waals surface area (Å²) in [5, 5.41) is 0. The molecule has 0 saturated carbocycles. The van der Waals surface area contributed by atoms with Gasteiger partial charge in [-0.25, -0.2) is 0 Å². The van der Waals surface area contributed by atoms with Crippen LogP contribution in [0.2, 0.25) is 0 Å².